The molecule has 2 N–H and O–H groups in total. The first-order valence-corrected chi connectivity index (χ1v) is 10.1. The number of nitrogens with zero attached hydrogens (tertiary/aromatic N) is 2. The largest absolute Gasteiger partial charge is 0.480 e. The highest BCUT2D eigenvalue weighted by molar-refractivity contribution is 6.42. The highest BCUT2D eigenvalue weighted by atomic mass is 35.5. The molecule has 4 amide bonds. The highest BCUT2D eigenvalue weighted by Gasteiger charge is 2.37. The van der Waals surface area contributed by atoms with E-state index in [1.54, 1.807) is 42.0 Å². The van der Waals surface area contributed by atoms with Crippen LogP contribution in [0.4, 0.5) is 10.5 Å². The van der Waals surface area contributed by atoms with Crippen molar-refractivity contribution in [2.45, 2.75) is 13.0 Å². The minimum atomic E-state index is -0.969. The fourth-order valence-corrected chi connectivity index (χ4v) is 3.93. The second kappa shape index (κ2) is 8.14. The Hall–Kier alpha value is -3.62. The van der Waals surface area contributed by atoms with Crippen molar-refractivity contribution in [3.8, 4) is 0 Å². The van der Waals surface area contributed by atoms with Crippen LogP contribution in [-0.2, 0) is 14.4 Å². The number of hydrogen-bond acceptors (Lipinski definition) is 4. The number of carbonyl (C=O) groups is 4. The molecule has 1 saturated heterocycles. The molecule has 1 aromatic heterocycles. The van der Waals surface area contributed by atoms with Crippen LogP contribution in [0.25, 0.3) is 17.0 Å². The lowest BCUT2D eigenvalue weighted by atomic mass is 10.1. The lowest BCUT2D eigenvalue weighted by Gasteiger charge is -2.27. The summed E-state index contributed by atoms with van der Waals surface area (Å²) in [7, 11) is 0. The Morgan fingerprint density at radius 3 is 2.53 bits per heavy atom. The molecule has 32 heavy (non-hydrogen) atoms. The van der Waals surface area contributed by atoms with Crippen LogP contribution in [0, 0.1) is 0 Å². The van der Waals surface area contributed by atoms with Crippen molar-refractivity contribution >= 4 is 69.7 Å². The molecule has 4 rings (SSSR count). The van der Waals surface area contributed by atoms with Gasteiger partial charge in [-0.3, -0.25) is 14.9 Å². The van der Waals surface area contributed by atoms with Crippen LogP contribution < -0.4 is 10.2 Å². The first-order valence-electron chi connectivity index (χ1n) is 9.37. The summed E-state index contributed by atoms with van der Waals surface area (Å²) >= 11 is 12.0. The molecule has 0 radical (unpaired) electrons. The predicted octanol–water partition coefficient (Wildman–Crippen LogP) is 4.26. The fourth-order valence-electron chi connectivity index (χ4n) is 3.43. The number of barbiturate groups is 1. The SMILES string of the molecule is C[C@@H](C(=O)O)n1ccc2cc(/C=C3\C(=O)NC(=O)N(c4ccc(Cl)cc4Cl)C3=O)ccc21. The minimum Gasteiger partial charge on any atom is -0.480 e. The number of anilines is 1. The van der Waals surface area contributed by atoms with Gasteiger partial charge in [0.1, 0.15) is 11.6 Å². The number of fused-ring (bicyclic) bond motifs is 1. The minimum absolute atomic E-state index is 0.0741. The molecule has 162 valence electrons. The summed E-state index contributed by atoms with van der Waals surface area (Å²) in [6.07, 6.45) is 3.01. The molecular weight excluding hydrogens is 457 g/mol. The van der Waals surface area contributed by atoms with Crippen LogP contribution in [0.5, 0.6) is 0 Å². The number of carboxylic acid groups (broad SMARTS) is 1. The molecule has 0 spiro atoms. The maximum absolute atomic E-state index is 13.0. The molecule has 10 heteroatoms. The summed E-state index contributed by atoms with van der Waals surface area (Å²) in [5.74, 6) is -2.64. The van der Waals surface area contributed by atoms with Gasteiger partial charge < -0.3 is 9.67 Å². The Balaban J connectivity index is 1.73. The molecule has 1 aliphatic rings. The fraction of sp³-hybridized carbons (Fsp3) is 0.0909. The van der Waals surface area contributed by atoms with Gasteiger partial charge >= 0.3 is 12.0 Å². The number of rotatable bonds is 4. The van der Waals surface area contributed by atoms with E-state index in [0.29, 0.717) is 16.1 Å². The Labute approximate surface area is 191 Å². The van der Waals surface area contributed by atoms with Crippen molar-refractivity contribution in [3.63, 3.8) is 0 Å². The van der Waals surface area contributed by atoms with E-state index in [1.807, 2.05) is 0 Å². The van der Waals surface area contributed by atoms with Gasteiger partial charge in [0, 0.05) is 22.1 Å². The van der Waals surface area contributed by atoms with E-state index in [4.69, 9.17) is 23.2 Å². The molecule has 0 saturated carbocycles. The van der Waals surface area contributed by atoms with Crippen LogP contribution in [0.15, 0.2) is 54.2 Å². The van der Waals surface area contributed by atoms with Gasteiger partial charge in [-0.05, 0) is 55.0 Å². The topological polar surface area (TPSA) is 109 Å². The second-order valence-corrected chi connectivity index (χ2v) is 7.95. The van der Waals surface area contributed by atoms with E-state index in [2.05, 4.69) is 5.32 Å². The highest BCUT2D eigenvalue weighted by Crippen LogP contribution is 2.31. The molecule has 0 unspecified atom stereocenters. The molecule has 1 fully saturated rings. The van der Waals surface area contributed by atoms with Gasteiger partial charge in [-0.1, -0.05) is 29.3 Å². The molecular formula is C22H15Cl2N3O5. The summed E-state index contributed by atoms with van der Waals surface area (Å²) in [6.45, 7) is 1.57. The number of amides is 4. The Kier molecular flexibility index (Phi) is 5.50. The number of aliphatic carboxylic acids is 1. The molecule has 0 bridgehead atoms. The van der Waals surface area contributed by atoms with Crippen LogP contribution in [0.1, 0.15) is 18.5 Å². The van der Waals surface area contributed by atoms with Gasteiger partial charge in [-0.15, -0.1) is 0 Å². The molecule has 1 aliphatic heterocycles. The molecule has 8 nitrogen and oxygen atoms in total. The van der Waals surface area contributed by atoms with Gasteiger partial charge in [-0.2, -0.15) is 0 Å². The molecule has 2 aromatic carbocycles. The third kappa shape index (κ3) is 3.74. The van der Waals surface area contributed by atoms with Crippen LogP contribution in [0.3, 0.4) is 0 Å². The van der Waals surface area contributed by atoms with Gasteiger partial charge in [0.2, 0.25) is 0 Å². The number of nitrogens with one attached hydrogen (secondary N) is 1. The quantitative estimate of drug-likeness (QED) is 0.436. The number of aromatic nitrogens is 1. The van der Waals surface area contributed by atoms with Gasteiger partial charge in [0.05, 0.1) is 10.7 Å². The van der Waals surface area contributed by atoms with E-state index in [1.165, 1.54) is 24.3 Å². The zero-order valence-corrected chi connectivity index (χ0v) is 18.0. The van der Waals surface area contributed by atoms with Crippen LogP contribution in [0.2, 0.25) is 10.0 Å². The van der Waals surface area contributed by atoms with Gasteiger partial charge in [0.15, 0.2) is 0 Å². The van der Waals surface area contributed by atoms with E-state index < -0.39 is 29.9 Å². The lowest BCUT2D eigenvalue weighted by molar-refractivity contribution is -0.140. The first-order chi connectivity index (χ1) is 15.2. The lowest BCUT2D eigenvalue weighted by Crippen LogP contribution is -2.54. The summed E-state index contributed by atoms with van der Waals surface area (Å²) < 4.78 is 1.61. The Bertz CT molecular complexity index is 1340. The third-order valence-corrected chi connectivity index (χ3v) is 5.62. The average Bonchev–Trinajstić information content (AvgIpc) is 3.15. The molecule has 2 heterocycles. The number of hydrogen-bond donors (Lipinski definition) is 2. The maximum Gasteiger partial charge on any atom is 0.335 e. The predicted molar refractivity (Wildman–Crippen MR) is 120 cm³/mol. The number of carbonyl (C=O) groups excluding carboxylic acids is 3. The van der Waals surface area contributed by atoms with E-state index in [0.717, 1.165) is 10.3 Å². The smallest absolute Gasteiger partial charge is 0.335 e. The van der Waals surface area contributed by atoms with Crippen molar-refractivity contribution in [1.29, 1.82) is 0 Å². The molecule has 0 aliphatic carbocycles. The summed E-state index contributed by atoms with van der Waals surface area (Å²) in [4.78, 5) is 49.9. The Morgan fingerprint density at radius 1 is 1.09 bits per heavy atom. The third-order valence-electron chi connectivity index (χ3n) is 5.08. The summed E-state index contributed by atoms with van der Waals surface area (Å²) in [5, 5.41) is 12.5. The number of carboxylic acids is 1. The van der Waals surface area contributed by atoms with Crippen LogP contribution in [-0.4, -0.2) is 33.5 Å². The van der Waals surface area contributed by atoms with Crippen molar-refractivity contribution in [3.05, 3.63) is 69.8 Å². The number of halogens is 2. The van der Waals surface area contributed by atoms with Crippen LogP contribution >= 0.6 is 23.2 Å². The zero-order chi connectivity index (χ0) is 23.2. The maximum atomic E-state index is 13.0. The van der Waals surface area contributed by atoms with Crippen molar-refractivity contribution in [1.82, 2.24) is 9.88 Å². The number of imide groups is 2. The standard InChI is InChI=1S/C22H15Cl2N3O5/c1-11(21(30)31)26-7-6-13-8-12(2-4-17(13)26)9-15-19(28)25-22(32)27(20(15)29)18-5-3-14(23)10-16(18)24/h2-11H,1H3,(H,30,31)(H,25,28,32)/b15-9+/t11-/m0/s1. The first kappa shape index (κ1) is 21.6. The van der Waals surface area contributed by atoms with Gasteiger partial charge in [0.25, 0.3) is 11.8 Å². The normalized spacial score (nSPS) is 16.5. The van der Waals surface area contributed by atoms with Gasteiger partial charge in [-0.25, -0.2) is 14.5 Å². The van der Waals surface area contributed by atoms with Crippen molar-refractivity contribution in [2.75, 3.05) is 4.90 Å². The Morgan fingerprint density at radius 2 is 1.84 bits per heavy atom. The van der Waals surface area contributed by atoms with E-state index in [-0.39, 0.29) is 16.3 Å². The number of benzene rings is 2. The second-order valence-electron chi connectivity index (χ2n) is 7.11. The summed E-state index contributed by atoms with van der Waals surface area (Å²) in [5.41, 5.74) is 1.04. The van der Waals surface area contributed by atoms with E-state index >= 15 is 0 Å². The zero-order valence-electron chi connectivity index (χ0n) is 16.5. The monoisotopic (exact) mass is 471 g/mol. The van der Waals surface area contributed by atoms with Crippen molar-refractivity contribution < 1.29 is 24.3 Å². The average molecular weight is 472 g/mol. The van der Waals surface area contributed by atoms with Crippen molar-refractivity contribution in [2.24, 2.45) is 0 Å². The summed E-state index contributed by atoms with van der Waals surface area (Å²) in [6, 6.07) is 9.39. The molecule has 1 atom stereocenters. The van der Waals surface area contributed by atoms with E-state index in [9.17, 15) is 24.3 Å². The number of urea groups is 1. The molecule has 3 aromatic rings.